The summed E-state index contributed by atoms with van der Waals surface area (Å²) < 4.78 is 27.6. The van der Waals surface area contributed by atoms with Crippen LogP contribution < -0.4 is 5.73 Å². The maximum atomic E-state index is 13.6. The zero-order valence-electron chi connectivity index (χ0n) is 8.34. The summed E-state index contributed by atoms with van der Waals surface area (Å²) in [5.74, 6) is -2.65. The molecule has 1 aromatic carbocycles. The molecule has 0 aliphatic carbocycles. The van der Waals surface area contributed by atoms with Crippen molar-refractivity contribution in [3.05, 3.63) is 50.1 Å². The van der Waals surface area contributed by atoms with Crippen LogP contribution in [-0.4, -0.2) is 5.78 Å². The van der Waals surface area contributed by atoms with Crippen LogP contribution in [0.5, 0.6) is 0 Å². The van der Waals surface area contributed by atoms with Gasteiger partial charge >= 0.3 is 0 Å². The van der Waals surface area contributed by atoms with Crippen molar-refractivity contribution in [2.24, 2.45) is 0 Å². The van der Waals surface area contributed by atoms with Gasteiger partial charge in [-0.1, -0.05) is 0 Å². The number of benzene rings is 1. The summed E-state index contributed by atoms with van der Waals surface area (Å²) in [6.07, 6.45) is 0. The maximum Gasteiger partial charge on any atom is 0.210 e. The Hall–Kier alpha value is -1.27. The first-order valence-electron chi connectivity index (χ1n) is 4.53. The number of ketones is 1. The van der Waals surface area contributed by atoms with Crippen LogP contribution in [0.3, 0.4) is 0 Å². The lowest BCUT2D eigenvalue weighted by Crippen LogP contribution is -2.08. The number of hydrogen-bond acceptors (Lipinski definition) is 3. The molecule has 0 fully saturated rings. The smallest absolute Gasteiger partial charge is 0.210 e. The monoisotopic (exact) mass is 317 g/mol. The summed E-state index contributed by atoms with van der Waals surface area (Å²) in [7, 11) is 0. The number of carbonyl (C=O) groups is 1. The fourth-order valence-electron chi connectivity index (χ4n) is 1.35. The van der Waals surface area contributed by atoms with Gasteiger partial charge in [-0.15, -0.1) is 11.3 Å². The van der Waals surface area contributed by atoms with Crippen molar-refractivity contribution >= 4 is 38.7 Å². The molecule has 0 aliphatic rings. The van der Waals surface area contributed by atoms with Gasteiger partial charge in [-0.2, -0.15) is 0 Å². The zero-order chi connectivity index (χ0) is 12.6. The minimum atomic E-state index is -1.02. The second-order valence-corrected chi connectivity index (χ2v) is 5.02. The molecular weight excluding hydrogens is 312 g/mol. The Morgan fingerprint density at radius 1 is 1.29 bits per heavy atom. The summed E-state index contributed by atoms with van der Waals surface area (Å²) in [4.78, 5) is 12.2. The third-order valence-electron chi connectivity index (χ3n) is 2.17. The number of halogens is 3. The molecule has 0 spiro atoms. The van der Waals surface area contributed by atoms with Crippen molar-refractivity contribution in [3.8, 4) is 0 Å². The van der Waals surface area contributed by atoms with Gasteiger partial charge in [0.05, 0.1) is 16.1 Å². The van der Waals surface area contributed by atoms with Crippen LogP contribution in [0.4, 0.5) is 14.5 Å². The fraction of sp³-hybridized carbons (Fsp3) is 0. The SMILES string of the molecule is Nc1ccc(F)c(C(=O)c2sccc2Br)c1F. The number of rotatable bonds is 2. The third-order valence-corrected chi connectivity index (χ3v) is 4.01. The molecule has 0 saturated carbocycles. The molecule has 0 unspecified atom stereocenters. The van der Waals surface area contributed by atoms with Crippen LogP contribution in [0.15, 0.2) is 28.1 Å². The van der Waals surface area contributed by atoms with Gasteiger partial charge in [-0.25, -0.2) is 8.78 Å². The van der Waals surface area contributed by atoms with E-state index in [1.54, 1.807) is 11.4 Å². The first-order chi connectivity index (χ1) is 8.02. The van der Waals surface area contributed by atoms with Crippen LogP contribution >= 0.6 is 27.3 Å². The van der Waals surface area contributed by atoms with Gasteiger partial charge in [-0.3, -0.25) is 4.79 Å². The molecule has 2 nitrogen and oxygen atoms in total. The Labute approximate surface area is 108 Å². The van der Waals surface area contributed by atoms with Crippen molar-refractivity contribution < 1.29 is 13.6 Å². The van der Waals surface area contributed by atoms with E-state index < -0.39 is 23.0 Å². The highest BCUT2D eigenvalue weighted by Crippen LogP contribution is 2.28. The minimum Gasteiger partial charge on any atom is -0.396 e. The largest absolute Gasteiger partial charge is 0.396 e. The van der Waals surface area contributed by atoms with Gasteiger partial charge in [-0.05, 0) is 39.5 Å². The van der Waals surface area contributed by atoms with Gasteiger partial charge in [0.25, 0.3) is 0 Å². The predicted molar refractivity (Wildman–Crippen MR) is 66.2 cm³/mol. The standard InChI is InChI=1S/C11H6BrF2NOS/c12-5-3-4-17-11(5)10(16)8-6(13)1-2-7(15)9(8)14/h1-4H,15H2. The molecule has 0 bridgehead atoms. The lowest BCUT2D eigenvalue weighted by atomic mass is 10.1. The van der Waals surface area contributed by atoms with Crippen LogP contribution in [0, 0.1) is 11.6 Å². The minimum absolute atomic E-state index is 0.244. The number of hydrogen-bond donors (Lipinski definition) is 1. The number of nitrogen functional groups attached to an aromatic ring is 1. The number of thiophene rings is 1. The van der Waals surface area contributed by atoms with Crippen LogP contribution in [0.2, 0.25) is 0 Å². The molecule has 2 aromatic rings. The topological polar surface area (TPSA) is 43.1 Å². The molecule has 6 heteroatoms. The highest BCUT2D eigenvalue weighted by Gasteiger charge is 2.23. The normalized spacial score (nSPS) is 10.5. The van der Waals surface area contributed by atoms with E-state index in [1.807, 2.05) is 0 Å². The van der Waals surface area contributed by atoms with Gasteiger partial charge < -0.3 is 5.73 Å². The average molecular weight is 318 g/mol. The molecule has 0 amide bonds. The number of nitrogens with two attached hydrogens (primary N) is 1. The highest BCUT2D eigenvalue weighted by atomic mass is 79.9. The Kier molecular flexibility index (Phi) is 3.26. The van der Waals surface area contributed by atoms with Crippen molar-refractivity contribution in [2.75, 3.05) is 5.73 Å². The predicted octanol–water partition coefficient (Wildman–Crippen LogP) is 3.60. The Morgan fingerprint density at radius 2 is 2.00 bits per heavy atom. The van der Waals surface area contributed by atoms with Gasteiger partial charge in [0.15, 0.2) is 5.82 Å². The van der Waals surface area contributed by atoms with Crippen LogP contribution in [0.25, 0.3) is 0 Å². The average Bonchev–Trinajstić information content (AvgIpc) is 2.70. The molecule has 88 valence electrons. The van der Waals surface area contributed by atoms with E-state index in [4.69, 9.17) is 5.73 Å². The van der Waals surface area contributed by atoms with Crippen molar-refractivity contribution in [1.82, 2.24) is 0 Å². The van der Waals surface area contributed by atoms with E-state index >= 15 is 0 Å². The summed E-state index contributed by atoms with van der Waals surface area (Å²) in [5.41, 5.74) is 4.45. The highest BCUT2D eigenvalue weighted by molar-refractivity contribution is 9.10. The Morgan fingerprint density at radius 3 is 2.59 bits per heavy atom. The maximum absolute atomic E-state index is 13.6. The van der Waals surface area contributed by atoms with Gasteiger partial charge in [0.2, 0.25) is 5.78 Å². The lowest BCUT2D eigenvalue weighted by Gasteiger charge is -2.05. The summed E-state index contributed by atoms with van der Waals surface area (Å²) in [6, 6.07) is 3.71. The molecule has 1 heterocycles. The van der Waals surface area contributed by atoms with Gasteiger partial charge in [0, 0.05) is 4.47 Å². The van der Waals surface area contributed by atoms with Gasteiger partial charge in [0.1, 0.15) is 5.82 Å². The molecule has 0 saturated heterocycles. The summed E-state index contributed by atoms with van der Waals surface area (Å²) in [6.45, 7) is 0. The summed E-state index contributed by atoms with van der Waals surface area (Å²) in [5, 5.41) is 1.65. The lowest BCUT2D eigenvalue weighted by molar-refractivity contribution is 0.103. The zero-order valence-corrected chi connectivity index (χ0v) is 10.7. The van der Waals surface area contributed by atoms with Crippen LogP contribution in [-0.2, 0) is 0 Å². The van der Waals surface area contributed by atoms with E-state index in [0.717, 1.165) is 23.5 Å². The molecule has 17 heavy (non-hydrogen) atoms. The molecule has 2 N–H and O–H groups in total. The first kappa shape index (κ1) is 12.2. The van der Waals surface area contributed by atoms with E-state index in [1.165, 1.54) is 0 Å². The third kappa shape index (κ3) is 2.10. The first-order valence-corrected chi connectivity index (χ1v) is 6.20. The molecule has 2 rings (SSSR count). The van der Waals surface area contributed by atoms with Crippen molar-refractivity contribution in [1.29, 1.82) is 0 Å². The van der Waals surface area contributed by atoms with Crippen LogP contribution in [0.1, 0.15) is 15.2 Å². The quantitative estimate of drug-likeness (QED) is 0.679. The molecule has 0 radical (unpaired) electrons. The number of anilines is 1. The van der Waals surface area contributed by atoms with E-state index in [-0.39, 0.29) is 10.6 Å². The fourth-order valence-corrected chi connectivity index (χ4v) is 2.84. The van der Waals surface area contributed by atoms with Crippen molar-refractivity contribution in [2.45, 2.75) is 0 Å². The Bertz CT molecular complexity index is 597. The van der Waals surface area contributed by atoms with E-state index in [0.29, 0.717) is 4.47 Å². The molecule has 1 aromatic heterocycles. The molecule has 0 aliphatic heterocycles. The summed E-state index contributed by atoms with van der Waals surface area (Å²) >= 11 is 4.25. The number of carbonyl (C=O) groups excluding carboxylic acids is 1. The van der Waals surface area contributed by atoms with Crippen molar-refractivity contribution in [3.63, 3.8) is 0 Å². The second kappa shape index (κ2) is 4.54. The molecule has 0 atom stereocenters. The molecular formula is C11H6BrF2NOS. The second-order valence-electron chi connectivity index (χ2n) is 3.25. The van der Waals surface area contributed by atoms with E-state index in [9.17, 15) is 13.6 Å². The van der Waals surface area contributed by atoms with E-state index in [2.05, 4.69) is 15.9 Å². The Balaban J connectivity index is 2.59.